The number of carbonyl (C=O) groups excluding carboxylic acids is 1. The first kappa shape index (κ1) is 23.5. The SMILES string of the molecule is CCCCCCn1nc(C(=O)CCC)nc1Cc1ccc(-c2ccccc2-c2nnn[nH]2)cc1. The number of aromatic nitrogens is 7. The summed E-state index contributed by atoms with van der Waals surface area (Å²) in [6.07, 6.45) is 6.50. The molecule has 0 atom stereocenters. The van der Waals surface area contributed by atoms with Crippen LogP contribution in [0.3, 0.4) is 0 Å². The highest BCUT2D eigenvalue weighted by molar-refractivity contribution is 5.92. The lowest BCUT2D eigenvalue weighted by Crippen LogP contribution is -2.07. The second-order valence-corrected chi connectivity index (χ2v) is 8.48. The largest absolute Gasteiger partial charge is 0.291 e. The lowest BCUT2D eigenvalue weighted by Gasteiger charge is -2.09. The average Bonchev–Trinajstić information content (AvgIpc) is 3.53. The van der Waals surface area contributed by atoms with Crippen LogP contribution in [-0.2, 0) is 13.0 Å². The van der Waals surface area contributed by atoms with Gasteiger partial charge in [-0.2, -0.15) is 0 Å². The van der Waals surface area contributed by atoms with Crippen LogP contribution in [0.4, 0.5) is 0 Å². The van der Waals surface area contributed by atoms with E-state index in [1.165, 1.54) is 12.8 Å². The zero-order chi connectivity index (χ0) is 23.8. The van der Waals surface area contributed by atoms with Crippen LogP contribution in [0.15, 0.2) is 48.5 Å². The minimum absolute atomic E-state index is 0.0184. The number of ketones is 1. The highest BCUT2D eigenvalue weighted by Crippen LogP contribution is 2.30. The Bertz CT molecular complexity index is 1200. The second-order valence-electron chi connectivity index (χ2n) is 8.48. The van der Waals surface area contributed by atoms with E-state index in [0.717, 1.165) is 53.9 Å². The monoisotopic (exact) mass is 457 g/mol. The maximum absolute atomic E-state index is 12.4. The Morgan fingerprint density at radius 2 is 1.74 bits per heavy atom. The van der Waals surface area contributed by atoms with Crippen LogP contribution in [0.1, 0.15) is 74.4 Å². The van der Waals surface area contributed by atoms with Crippen molar-refractivity contribution in [3.8, 4) is 22.5 Å². The quantitative estimate of drug-likeness (QED) is 0.229. The molecule has 0 amide bonds. The van der Waals surface area contributed by atoms with Crippen LogP contribution in [0, 0.1) is 0 Å². The molecule has 2 aromatic heterocycles. The highest BCUT2D eigenvalue weighted by Gasteiger charge is 2.16. The van der Waals surface area contributed by atoms with Crippen LogP contribution in [0.5, 0.6) is 0 Å². The van der Waals surface area contributed by atoms with Gasteiger partial charge < -0.3 is 0 Å². The summed E-state index contributed by atoms with van der Waals surface area (Å²) in [5.41, 5.74) is 4.21. The van der Waals surface area contributed by atoms with Crippen molar-refractivity contribution in [3.63, 3.8) is 0 Å². The number of aromatic amines is 1. The first-order chi connectivity index (χ1) is 16.7. The average molecular weight is 458 g/mol. The van der Waals surface area contributed by atoms with Gasteiger partial charge in [0.15, 0.2) is 5.82 Å². The predicted octanol–water partition coefficient (Wildman–Crippen LogP) is 5.28. The van der Waals surface area contributed by atoms with E-state index in [0.29, 0.717) is 24.5 Å². The Morgan fingerprint density at radius 1 is 0.941 bits per heavy atom. The molecule has 8 heteroatoms. The first-order valence-corrected chi connectivity index (χ1v) is 12.1. The van der Waals surface area contributed by atoms with Gasteiger partial charge in [-0.3, -0.25) is 4.79 Å². The number of H-pyrrole nitrogens is 1. The molecule has 0 spiro atoms. The van der Waals surface area contributed by atoms with E-state index in [4.69, 9.17) is 0 Å². The smallest absolute Gasteiger partial charge is 0.217 e. The Labute approximate surface area is 199 Å². The Morgan fingerprint density at radius 3 is 2.44 bits per heavy atom. The number of benzene rings is 2. The Hall–Kier alpha value is -3.68. The highest BCUT2D eigenvalue weighted by atomic mass is 16.1. The third-order valence-electron chi connectivity index (χ3n) is 5.85. The summed E-state index contributed by atoms with van der Waals surface area (Å²) in [4.78, 5) is 17.0. The molecule has 0 radical (unpaired) electrons. The molecule has 2 aromatic carbocycles. The van der Waals surface area contributed by atoms with Crippen molar-refractivity contribution >= 4 is 5.78 Å². The maximum Gasteiger partial charge on any atom is 0.217 e. The summed E-state index contributed by atoms with van der Waals surface area (Å²) < 4.78 is 1.93. The van der Waals surface area contributed by atoms with Crippen molar-refractivity contribution in [3.05, 3.63) is 65.7 Å². The first-order valence-electron chi connectivity index (χ1n) is 12.1. The number of tetrazole rings is 1. The van der Waals surface area contributed by atoms with Gasteiger partial charge in [-0.15, -0.1) is 10.2 Å². The van der Waals surface area contributed by atoms with Gasteiger partial charge in [0.05, 0.1) is 0 Å². The summed E-state index contributed by atoms with van der Waals surface area (Å²) in [6.45, 7) is 4.99. The van der Waals surface area contributed by atoms with E-state index in [-0.39, 0.29) is 5.78 Å². The molecule has 0 aliphatic carbocycles. The van der Waals surface area contributed by atoms with E-state index in [2.05, 4.69) is 68.0 Å². The molecule has 4 rings (SSSR count). The number of unbranched alkanes of at least 4 members (excludes halogenated alkanes) is 3. The van der Waals surface area contributed by atoms with Crippen molar-refractivity contribution < 1.29 is 4.79 Å². The van der Waals surface area contributed by atoms with Crippen LogP contribution in [-0.4, -0.2) is 41.2 Å². The number of carbonyl (C=O) groups is 1. The van der Waals surface area contributed by atoms with Crippen molar-refractivity contribution in [2.45, 2.75) is 65.3 Å². The minimum atomic E-state index is 0.0184. The fourth-order valence-electron chi connectivity index (χ4n) is 4.03. The standard InChI is InChI=1S/C26H31N7O/c1-3-5-6-9-17-33-24(27-26(30-33)23(34)10-4-2)18-19-13-15-20(16-14-19)21-11-7-8-12-22(21)25-28-31-32-29-25/h7-8,11-16H,3-6,9-10,17-18H2,1-2H3,(H,28,29,31,32). The second kappa shape index (κ2) is 11.4. The molecule has 0 bridgehead atoms. The third-order valence-corrected chi connectivity index (χ3v) is 5.85. The van der Waals surface area contributed by atoms with Crippen LogP contribution in [0.2, 0.25) is 0 Å². The minimum Gasteiger partial charge on any atom is -0.291 e. The van der Waals surface area contributed by atoms with Crippen molar-refractivity contribution in [1.82, 2.24) is 35.4 Å². The topological polar surface area (TPSA) is 102 Å². The van der Waals surface area contributed by atoms with Gasteiger partial charge >= 0.3 is 0 Å². The van der Waals surface area contributed by atoms with Gasteiger partial charge in [0, 0.05) is 24.9 Å². The molecule has 1 N–H and O–H groups in total. The molecule has 0 fully saturated rings. The molecule has 176 valence electrons. The number of aryl methyl sites for hydroxylation is 1. The van der Waals surface area contributed by atoms with Gasteiger partial charge in [-0.25, -0.2) is 14.8 Å². The third kappa shape index (κ3) is 5.62. The number of hydrogen-bond acceptors (Lipinski definition) is 6. The summed E-state index contributed by atoms with van der Waals surface area (Å²) in [5.74, 6) is 1.85. The zero-order valence-electron chi connectivity index (χ0n) is 19.9. The van der Waals surface area contributed by atoms with E-state index >= 15 is 0 Å². The lowest BCUT2D eigenvalue weighted by molar-refractivity contribution is 0.0971. The molecule has 2 heterocycles. The van der Waals surface area contributed by atoms with Gasteiger partial charge in [0.2, 0.25) is 11.6 Å². The summed E-state index contributed by atoms with van der Waals surface area (Å²) in [5, 5.41) is 18.9. The van der Waals surface area contributed by atoms with Crippen LogP contribution >= 0.6 is 0 Å². The van der Waals surface area contributed by atoms with Gasteiger partial charge in [-0.05, 0) is 40.0 Å². The number of hydrogen-bond donors (Lipinski definition) is 1. The molecule has 34 heavy (non-hydrogen) atoms. The number of nitrogens with one attached hydrogen (secondary N) is 1. The van der Waals surface area contributed by atoms with Gasteiger partial charge in [0.25, 0.3) is 0 Å². The van der Waals surface area contributed by atoms with E-state index < -0.39 is 0 Å². The van der Waals surface area contributed by atoms with Crippen molar-refractivity contribution in [2.75, 3.05) is 0 Å². The summed E-state index contributed by atoms with van der Waals surface area (Å²) >= 11 is 0. The fraction of sp³-hybridized carbons (Fsp3) is 0.385. The van der Waals surface area contributed by atoms with Gasteiger partial charge in [-0.1, -0.05) is 81.6 Å². The molecule has 0 saturated heterocycles. The van der Waals surface area contributed by atoms with Gasteiger partial charge in [0.1, 0.15) is 5.82 Å². The predicted molar refractivity (Wildman–Crippen MR) is 131 cm³/mol. The normalized spacial score (nSPS) is 11.1. The Balaban J connectivity index is 1.55. The summed E-state index contributed by atoms with van der Waals surface area (Å²) in [7, 11) is 0. The van der Waals surface area contributed by atoms with E-state index in [1.807, 2.05) is 29.8 Å². The molecule has 0 aliphatic heterocycles. The van der Waals surface area contributed by atoms with Crippen LogP contribution in [0.25, 0.3) is 22.5 Å². The van der Waals surface area contributed by atoms with E-state index in [1.54, 1.807) is 0 Å². The summed E-state index contributed by atoms with van der Waals surface area (Å²) in [6, 6.07) is 16.5. The number of rotatable bonds is 12. The number of nitrogens with zero attached hydrogens (tertiary/aromatic N) is 6. The maximum atomic E-state index is 12.4. The zero-order valence-corrected chi connectivity index (χ0v) is 19.9. The molecular formula is C26H31N7O. The van der Waals surface area contributed by atoms with E-state index in [9.17, 15) is 4.79 Å². The molecule has 4 aromatic rings. The molecule has 0 aliphatic rings. The van der Waals surface area contributed by atoms with Crippen molar-refractivity contribution in [1.29, 1.82) is 0 Å². The molecular weight excluding hydrogens is 426 g/mol. The number of Topliss-reactive ketones (excluding diaryl/α,β-unsaturated/α-hetero) is 1. The van der Waals surface area contributed by atoms with Crippen molar-refractivity contribution in [2.24, 2.45) is 0 Å². The van der Waals surface area contributed by atoms with Crippen LogP contribution < -0.4 is 0 Å². The fourth-order valence-corrected chi connectivity index (χ4v) is 4.03. The molecule has 0 saturated carbocycles. The molecule has 8 nitrogen and oxygen atoms in total. The lowest BCUT2D eigenvalue weighted by atomic mass is 9.98. The molecule has 0 unspecified atom stereocenters. The Kier molecular flexibility index (Phi) is 7.91.